The highest BCUT2D eigenvalue weighted by molar-refractivity contribution is 5.93. The van der Waals surface area contributed by atoms with Crippen molar-refractivity contribution >= 4 is 18.1 Å². The molecule has 1 saturated carbocycles. The first kappa shape index (κ1) is 16.0. The molecule has 6 heteroatoms. The second-order valence-electron chi connectivity index (χ2n) is 5.73. The Labute approximate surface area is 139 Å². The van der Waals surface area contributed by atoms with E-state index >= 15 is 0 Å². The van der Waals surface area contributed by atoms with Crippen molar-refractivity contribution in [3.05, 3.63) is 47.7 Å². The van der Waals surface area contributed by atoms with Gasteiger partial charge in [0.15, 0.2) is 5.76 Å². The Morgan fingerprint density at radius 1 is 1.08 bits per heavy atom. The third-order valence-electron chi connectivity index (χ3n) is 3.83. The van der Waals surface area contributed by atoms with Crippen LogP contribution < -0.4 is 10.6 Å². The summed E-state index contributed by atoms with van der Waals surface area (Å²) >= 11 is 0. The zero-order valence-electron chi connectivity index (χ0n) is 13.1. The molecule has 1 heterocycles. The van der Waals surface area contributed by atoms with E-state index in [1.165, 1.54) is 0 Å². The Balaban J connectivity index is 1.60. The molecule has 0 unspecified atom stereocenters. The number of nitrogens with one attached hydrogen (secondary N) is 2. The molecule has 0 bridgehead atoms. The summed E-state index contributed by atoms with van der Waals surface area (Å²) in [4.78, 5) is 33.6. The minimum absolute atomic E-state index is 0.0455. The van der Waals surface area contributed by atoms with Gasteiger partial charge in [-0.25, -0.2) is 0 Å². The van der Waals surface area contributed by atoms with Crippen LogP contribution in [-0.4, -0.2) is 24.6 Å². The number of hydrogen-bond acceptors (Lipinski definition) is 4. The minimum Gasteiger partial charge on any atom is -0.451 e. The first-order valence-electron chi connectivity index (χ1n) is 7.86. The van der Waals surface area contributed by atoms with Gasteiger partial charge in [-0.2, -0.15) is 0 Å². The van der Waals surface area contributed by atoms with Crippen LogP contribution in [0.5, 0.6) is 0 Å². The molecule has 124 valence electrons. The Bertz CT molecular complexity index is 745. The molecule has 2 N–H and O–H groups in total. The summed E-state index contributed by atoms with van der Waals surface area (Å²) in [7, 11) is 0. The number of carbonyl (C=O) groups is 3. The van der Waals surface area contributed by atoms with Gasteiger partial charge in [-0.15, -0.1) is 0 Å². The van der Waals surface area contributed by atoms with Gasteiger partial charge in [0.25, 0.3) is 5.91 Å². The smallest absolute Gasteiger partial charge is 0.287 e. The van der Waals surface area contributed by atoms with E-state index in [0.717, 1.165) is 24.0 Å². The van der Waals surface area contributed by atoms with Gasteiger partial charge in [0.1, 0.15) is 12.0 Å². The number of rotatable bonds is 7. The lowest BCUT2D eigenvalue weighted by Crippen LogP contribution is -2.24. The maximum atomic E-state index is 11.7. The van der Waals surface area contributed by atoms with Gasteiger partial charge in [-0.05, 0) is 30.5 Å². The largest absolute Gasteiger partial charge is 0.451 e. The zero-order chi connectivity index (χ0) is 16.9. The monoisotopic (exact) mass is 326 g/mol. The first-order valence-corrected chi connectivity index (χ1v) is 7.86. The molecule has 1 aromatic heterocycles. The van der Waals surface area contributed by atoms with Crippen molar-refractivity contribution in [2.75, 3.05) is 6.54 Å². The second kappa shape index (κ2) is 7.12. The van der Waals surface area contributed by atoms with E-state index in [0.29, 0.717) is 18.6 Å². The summed E-state index contributed by atoms with van der Waals surface area (Å²) in [6.45, 7) is 0.462. The van der Waals surface area contributed by atoms with E-state index in [9.17, 15) is 14.4 Å². The van der Waals surface area contributed by atoms with Gasteiger partial charge < -0.3 is 19.8 Å². The SMILES string of the molecule is O=CCNC(=O)c1ccc(-c2ccc(CNC(=O)C3CC3)cc2)o1. The van der Waals surface area contributed by atoms with E-state index in [2.05, 4.69) is 10.6 Å². The highest BCUT2D eigenvalue weighted by Gasteiger charge is 2.29. The molecule has 1 fully saturated rings. The molecule has 0 saturated heterocycles. The van der Waals surface area contributed by atoms with Crippen LogP contribution in [0.25, 0.3) is 11.3 Å². The van der Waals surface area contributed by atoms with Crippen LogP contribution in [0.3, 0.4) is 0 Å². The van der Waals surface area contributed by atoms with E-state index in [-0.39, 0.29) is 24.1 Å². The van der Waals surface area contributed by atoms with Crippen molar-refractivity contribution in [2.24, 2.45) is 5.92 Å². The standard InChI is InChI=1S/C18H18N2O4/c21-10-9-19-18(23)16-8-7-15(24-16)13-3-1-12(2-4-13)11-20-17(22)14-5-6-14/h1-4,7-8,10,14H,5-6,9,11H2,(H,19,23)(H,20,22). The summed E-state index contributed by atoms with van der Waals surface area (Å²) in [5.41, 5.74) is 1.84. The molecular formula is C18H18N2O4. The van der Waals surface area contributed by atoms with Crippen LogP contribution in [0.2, 0.25) is 0 Å². The first-order chi connectivity index (χ1) is 11.7. The zero-order valence-corrected chi connectivity index (χ0v) is 13.1. The van der Waals surface area contributed by atoms with Gasteiger partial charge in [0.2, 0.25) is 5.91 Å². The van der Waals surface area contributed by atoms with Crippen molar-refractivity contribution in [2.45, 2.75) is 19.4 Å². The van der Waals surface area contributed by atoms with Crippen LogP contribution in [0.15, 0.2) is 40.8 Å². The van der Waals surface area contributed by atoms with Crippen molar-refractivity contribution in [1.29, 1.82) is 0 Å². The number of hydrogen-bond donors (Lipinski definition) is 2. The third-order valence-corrected chi connectivity index (χ3v) is 3.83. The van der Waals surface area contributed by atoms with Crippen LogP contribution in [-0.2, 0) is 16.1 Å². The van der Waals surface area contributed by atoms with E-state index in [4.69, 9.17) is 4.42 Å². The normalized spacial score (nSPS) is 13.3. The molecule has 0 spiro atoms. The molecule has 1 aromatic carbocycles. The maximum Gasteiger partial charge on any atom is 0.287 e. The van der Waals surface area contributed by atoms with Gasteiger partial charge in [-0.3, -0.25) is 9.59 Å². The Morgan fingerprint density at radius 2 is 1.83 bits per heavy atom. The summed E-state index contributed by atoms with van der Waals surface area (Å²) in [6.07, 6.45) is 2.60. The summed E-state index contributed by atoms with van der Waals surface area (Å²) in [5.74, 6) is 0.632. The summed E-state index contributed by atoms with van der Waals surface area (Å²) < 4.78 is 5.51. The molecule has 3 rings (SSSR count). The molecule has 2 amide bonds. The van der Waals surface area contributed by atoms with Crippen LogP contribution in [0.1, 0.15) is 29.0 Å². The molecular weight excluding hydrogens is 308 g/mol. The number of furan rings is 1. The predicted molar refractivity (Wildman–Crippen MR) is 87.1 cm³/mol. The Hall–Kier alpha value is -2.89. The molecule has 0 radical (unpaired) electrons. The lowest BCUT2D eigenvalue weighted by Gasteiger charge is -2.05. The Kier molecular flexibility index (Phi) is 4.74. The van der Waals surface area contributed by atoms with Crippen molar-refractivity contribution in [3.63, 3.8) is 0 Å². The van der Waals surface area contributed by atoms with Gasteiger partial charge in [0, 0.05) is 18.0 Å². The van der Waals surface area contributed by atoms with Crippen molar-refractivity contribution in [1.82, 2.24) is 10.6 Å². The fourth-order valence-electron chi connectivity index (χ4n) is 2.30. The number of carbonyl (C=O) groups excluding carboxylic acids is 3. The predicted octanol–water partition coefficient (Wildman–Crippen LogP) is 1.90. The van der Waals surface area contributed by atoms with Crippen molar-refractivity contribution < 1.29 is 18.8 Å². The highest BCUT2D eigenvalue weighted by atomic mass is 16.3. The summed E-state index contributed by atoms with van der Waals surface area (Å²) in [6, 6.07) is 10.9. The number of benzene rings is 1. The topological polar surface area (TPSA) is 88.4 Å². The molecule has 6 nitrogen and oxygen atoms in total. The van der Waals surface area contributed by atoms with Crippen molar-refractivity contribution in [3.8, 4) is 11.3 Å². The molecule has 2 aromatic rings. The number of amides is 2. The molecule has 24 heavy (non-hydrogen) atoms. The fourth-order valence-corrected chi connectivity index (χ4v) is 2.30. The molecule has 0 aliphatic heterocycles. The molecule has 0 atom stereocenters. The average Bonchev–Trinajstić information content (AvgIpc) is 3.35. The van der Waals surface area contributed by atoms with E-state index in [1.54, 1.807) is 12.1 Å². The second-order valence-corrected chi connectivity index (χ2v) is 5.73. The van der Waals surface area contributed by atoms with Crippen LogP contribution in [0.4, 0.5) is 0 Å². The fraction of sp³-hybridized carbons (Fsp3) is 0.278. The quantitative estimate of drug-likeness (QED) is 0.761. The lowest BCUT2D eigenvalue weighted by atomic mass is 10.1. The maximum absolute atomic E-state index is 11.7. The van der Waals surface area contributed by atoms with Crippen LogP contribution in [0, 0.1) is 5.92 Å². The average molecular weight is 326 g/mol. The van der Waals surface area contributed by atoms with Gasteiger partial charge in [0.05, 0.1) is 6.54 Å². The number of aldehydes is 1. The van der Waals surface area contributed by atoms with Gasteiger partial charge in [-0.1, -0.05) is 24.3 Å². The van der Waals surface area contributed by atoms with Gasteiger partial charge >= 0.3 is 0 Å². The van der Waals surface area contributed by atoms with E-state index < -0.39 is 5.91 Å². The molecule has 1 aliphatic carbocycles. The minimum atomic E-state index is -0.423. The third kappa shape index (κ3) is 3.90. The Morgan fingerprint density at radius 3 is 2.50 bits per heavy atom. The lowest BCUT2D eigenvalue weighted by molar-refractivity contribution is -0.122. The van der Waals surface area contributed by atoms with Crippen LogP contribution >= 0.6 is 0 Å². The van der Waals surface area contributed by atoms with E-state index in [1.807, 2.05) is 24.3 Å². The highest BCUT2D eigenvalue weighted by Crippen LogP contribution is 2.29. The summed E-state index contributed by atoms with van der Waals surface area (Å²) in [5, 5.41) is 5.34. The molecule has 1 aliphatic rings.